The van der Waals surface area contributed by atoms with E-state index in [9.17, 15) is 18.0 Å². The lowest BCUT2D eigenvalue weighted by Gasteiger charge is -2.32. The molecule has 1 aliphatic rings. The predicted octanol–water partition coefficient (Wildman–Crippen LogP) is 5.04. The van der Waals surface area contributed by atoms with Crippen LogP contribution in [0, 0.1) is 0 Å². The van der Waals surface area contributed by atoms with Crippen molar-refractivity contribution in [2.24, 2.45) is 0 Å². The number of hydrogen-bond acceptors (Lipinski definition) is 4. The topological polar surface area (TPSA) is 72.1 Å². The van der Waals surface area contributed by atoms with E-state index < -0.39 is 24.2 Å². The molecule has 0 bridgehead atoms. The van der Waals surface area contributed by atoms with Gasteiger partial charge >= 0.3 is 6.18 Å². The van der Waals surface area contributed by atoms with E-state index in [1.165, 1.54) is 12.3 Å². The number of carbonyl (C=O) groups excluding carboxylic acids is 1. The Hall–Kier alpha value is -2.94. The molecule has 1 aromatic carbocycles. The lowest BCUT2D eigenvalue weighted by atomic mass is 10.0. The standard InChI is InChI=1S/C18H14ClF3N4O2/c19-10-3-1-4-11(7-10)24-17(27)12-9-23-26-15(18(20,21)22)8-13(25-16(12)26)14-5-2-6-28-14/h1-7,9,13,15,25H,8H2,(H,24,27)/t13-,15-/m1/s1. The Morgan fingerprint density at radius 3 is 2.82 bits per heavy atom. The van der Waals surface area contributed by atoms with E-state index in [0.29, 0.717) is 16.5 Å². The number of rotatable bonds is 3. The first kappa shape index (κ1) is 18.4. The summed E-state index contributed by atoms with van der Waals surface area (Å²) >= 11 is 5.90. The number of aromatic nitrogens is 2. The molecule has 2 N–H and O–H groups in total. The highest BCUT2D eigenvalue weighted by molar-refractivity contribution is 6.31. The monoisotopic (exact) mass is 410 g/mol. The van der Waals surface area contributed by atoms with Gasteiger partial charge in [-0.05, 0) is 30.3 Å². The zero-order chi connectivity index (χ0) is 19.9. The maximum Gasteiger partial charge on any atom is 0.410 e. The highest BCUT2D eigenvalue weighted by atomic mass is 35.5. The fourth-order valence-electron chi connectivity index (χ4n) is 3.17. The zero-order valence-corrected chi connectivity index (χ0v) is 15.0. The summed E-state index contributed by atoms with van der Waals surface area (Å²) in [7, 11) is 0. The molecule has 0 saturated heterocycles. The molecule has 146 valence electrons. The summed E-state index contributed by atoms with van der Waals surface area (Å²) in [5, 5.41) is 9.80. The molecule has 0 spiro atoms. The smallest absolute Gasteiger partial charge is 0.410 e. The van der Waals surface area contributed by atoms with Crippen LogP contribution in [0.3, 0.4) is 0 Å². The highest BCUT2D eigenvalue weighted by Gasteiger charge is 2.47. The Kier molecular flexibility index (Phi) is 4.54. The molecule has 28 heavy (non-hydrogen) atoms. The van der Waals surface area contributed by atoms with E-state index in [0.717, 1.165) is 10.9 Å². The first-order valence-electron chi connectivity index (χ1n) is 8.34. The average molecular weight is 411 g/mol. The molecule has 3 heterocycles. The number of fused-ring (bicyclic) bond motifs is 1. The van der Waals surface area contributed by atoms with Crippen LogP contribution in [0.25, 0.3) is 0 Å². The molecule has 0 saturated carbocycles. The first-order valence-corrected chi connectivity index (χ1v) is 8.72. The van der Waals surface area contributed by atoms with E-state index in [2.05, 4.69) is 15.7 Å². The van der Waals surface area contributed by atoms with Crippen LogP contribution in [0.1, 0.15) is 34.6 Å². The molecule has 0 radical (unpaired) electrons. The molecular formula is C18H14ClF3N4O2. The van der Waals surface area contributed by atoms with Gasteiger partial charge < -0.3 is 15.1 Å². The van der Waals surface area contributed by atoms with Crippen molar-refractivity contribution < 1.29 is 22.4 Å². The van der Waals surface area contributed by atoms with Crippen LogP contribution < -0.4 is 10.6 Å². The number of anilines is 2. The maximum atomic E-state index is 13.6. The second-order valence-electron chi connectivity index (χ2n) is 6.32. The number of carbonyl (C=O) groups is 1. The summed E-state index contributed by atoms with van der Waals surface area (Å²) in [6.07, 6.45) is -2.33. The van der Waals surface area contributed by atoms with Crippen molar-refractivity contribution in [3.05, 3.63) is 65.2 Å². The number of amides is 1. The van der Waals surface area contributed by atoms with Gasteiger partial charge in [0.2, 0.25) is 0 Å². The molecule has 0 aliphatic carbocycles. The van der Waals surface area contributed by atoms with Crippen LogP contribution in [0.4, 0.5) is 24.7 Å². The van der Waals surface area contributed by atoms with Crippen molar-refractivity contribution in [1.82, 2.24) is 9.78 Å². The summed E-state index contributed by atoms with van der Waals surface area (Å²) in [5.41, 5.74) is 0.411. The van der Waals surface area contributed by atoms with Crippen molar-refractivity contribution in [3.8, 4) is 0 Å². The first-order chi connectivity index (χ1) is 13.3. The summed E-state index contributed by atoms with van der Waals surface area (Å²) in [6, 6.07) is 7.00. The number of nitrogens with one attached hydrogen (secondary N) is 2. The number of nitrogens with zero attached hydrogens (tertiary/aromatic N) is 2. The minimum Gasteiger partial charge on any atom is -0.467 e. The van der Waals surface area contributed by atoms with Gasteiger partial charge in [0.25, 0.3) is 5.91 Å². The molecule has 6 nitrogen and oxygen atoms in total. The van der Waals surface area contributed by atoms with E-state index >= 15 is 0 Å². The third-order valence-corrected chi connectivity index (χ3v) is 4.69. The Balaban J connectivity index is 1.68. The van der Waals surface area contributed by atoms with Crippen LogP contribution in [-0.2, 0) is 0 Å². The van der Waals surface area contributed by atoms with E-state index in [4.69, 9.17) is 16.0 Å². The minimum absolute atomic E-state index is 0.00881. The molecule has 4 rings (SSSR count). The molecule has 1 aliphatic heterocycles. The largest absolute Gasteiger partial charge is 0.467 e. The van der Waals surface area contributed by atoms with Gasteiger partial charge in [-0.1, -0.05) is 17.7 Å². The molecular weight excluding hydrogens is 397 g/mol. The van der Waals surface area contributed by atoms with Crippen molar-refractivity contribution in [3.63, 3.8) is 0 Å². The van der Waals surface area contributed by atoms with Crippen molar-refractivity contribution in [1.29, 1.82) is 0 Å². The third kappa shape index (κ3) is 3.45. The number of alkyl halides is 3. The van der Waals surface area contributed by atoms with Gasteiger partial charge in [0.1, 0.15) is 17.1 Å². The van der Waals surface area contributed by atoms with Crippen LogP contribution in [0.5, 0.6) is 0 Å². The molecule has 2 aromatic heterocycles. The number of hydrogen-bond donors (Lipinski definition) is 2. The maximum absolute atomic E-state index is 13.6. The predicted molar refractivity (Wildman–Crippen MR) is 96.4 cm³/mol. The summed E-state index contributed by atoms with van der Waals surface area (Å²) in [6.45, 7) is 0. The summed E-state index contributed by atoms with van der Waals surface area (Å²) in [4.78, 5) is 12.7. The van der Waals surface area contributed by atoms with Gasteiger partial charge in [0.05, 0.1) is 18.5 Å². The normalized spacial score (nSPS) is 19.0. The van der Waals surface area contributed by atoms with Gasteiger partial charge in [-0.2, -0.15) is 18.3 Å². The number of furan rings is 1. The summed E-state index contributed by atoms with van der Waals surface area (Å²) in [5.74, 6) is -0.269. The van der Waals surface area contributed by atoms with E-state index in [1.807, 2.05) is 0 Å². The number of benzene rings is 1. The Morgan fingerprint density at radius 2 is 2.14 bits per heavy atom. The van der Waals surface area contributed by atoms with Gasteiger partial charge in [-0.3, -0.25) is 4.79 Å². The molecule has 2 atom stereocenters. The molecule has 10 heteroatoms. The van der Waals surface area contributed by atoms with Crippen LogP contribution in [0.2, 0.25) is 5.02 Å². The van der Waals surface area contributed by atoms with Crippen molar-refractivity contribution >= 4 is 29.0 Å². The fourth-order valence-corrected chi connectivity index (χ4v) is 3.36. The lowest BCUT2D eigenvalue weighted by molar-refractivity contribution is -0.174. The lowest BCUT2D eigenvalue weighted by Crippen LogP contribution is -2.36. The summed E-state index contributed by atoms with van der Waals surface area (Å²) < 4.78 is 46.9. The van der Waals surface area contributed by atoms with Gasteiger partial charge in [0.15, 0.2) is 6.04 Å². The quantitative estimate of drug-likeness (QED) is 0.634. The Morgan fingerprint density at radius 1 is 1.32 bits per heavy atom. The van der Waals surface area contributed by atoms with Gasteiger partial charge in [-0.25, -0.2) is 4.68 Å². The second-order valence-corrected chi connectivity index (χ2v) is 6.76. The van der Waals surface area contributed by atoms with Crippen LogP contribution in [-0.4, -0.2) is 21.9 Å². The number of halogens is 4. The van der Waals surface area contributed by atoms with Gasteiger partial charge in [-0.15, -0.1) is 0 Å². The Bertz CT molecular complexity index is 1000. The van der Waals surface area contributed by atoms with Crippen LogP contribution in [0.15, 0.2) is 53.3 Å². The van der Waals surface area contributed by atoms with Crippen molar-refractivity contribution in [2.75, 3.05) is 10.6 Å². The SMILES string of the molecule is O=C(Nc1cccc(Cl)c1)c1cnn2c1N[C@@H](c1ccco1)C[C@@H]2C(F)(F)F. The fraction of sp³-hybridized carbons (Fsp3) is 0.222. The minimum atomic E-state index is -4.53. The van der Waals surface area contributed by atoms with Crippen molar-refractivity contribution in [2.45, 2.75) is 24.7 Å². The van der Waals surface area contributed by atoms with E-state index in [1.54, 1.807) is 30.3 Å². The highest BCUT2D eigenvalue weighted by Crippen LogP contribution is 2.44. The molecule has 0 fully saturated rings. The van der Waals surface area contributed by atoms with E-state index in [-0.39, 0.29) is 17.8 Å². The molecule has 0 unspecified atom stereocenters. The second kappa shape index (κ2) is 6.90. The molecule has 3 aromatic rings. The third-order valence-electron chi connectivity index (χ3n) is 4.45. The average Bonchev–Trinajstić information content (AvgIpc) is 3.29. The zero-order valence-electron chi connectivity index (χ0n) is 14.2. The van der Waals surface area contributed by atoms with Crippen LogP contribution >= 0.6 is 11.6 Å². The molecule has 1 amide bonds. The van der Waals surface area contributed by atoms with Gasteiger partial charge in [0, 0.05) is 17.1 Å². The Labute approximate surface area is 162 Å².